The minimum atomic E-state index is -2.51. The zero-order valence-corrected chi connectivity index (χ0v) is 35.4. The molecule has 3 N–H and O–H groups in total. The van der Waals surface area contributed by atoms with Crippen LogP contribution in [0.25, 0.3) is 0 Å². The van der Waals surface area contributed by atoms with E-state index in [0.29, 0.717) is 56.9 Å². The van der Waals surface area contributed by atoms with Gasteiger partial charge in [-0.15, -0.1) is 6.58 Å². The number of aliphatic hydroxyl groups is 3. The van der Waals surface area contributed by atoms with Crippen LogP contribution in [0.1, 0.15) is 105 Å². The predicted molar refractivity (Wildman–Crippen MR) is 213 cm³/mol. The van der Waals surface area contributed by atoms with Gasteiger partial charge in [-0.25, -0.2) is 4.79 Å². The molecule has 2 bridgehead atoms. The molecular weight excluding hydrogens is 734 g/mol. The molecule has 13 nitrogen and oxygen atoms in total. The number of hydrogen-bond donors (Lipinski definition) is 3. The second-order valence-electron chi connectivity index (χ2n) is 17.3. The third-order valence-electron chi connectivity index (χ3n) is 12.9. The smallest absolute Gasteiger partial charge is 0.329 e. The van der Waals surface area contributed by atoms with Gasteiger partial charge in [-0.05, 0) is 95.5 Å². The van der Waals surface area contributed by atoms with E-state index in [4.69, 9.17) is 23.7 Å². The van der Waals surface area contributed by atoms with Crippen molar-refractivity contribution in [2.75, 3.05) is 27.9 Å². The molecule has 1 amide bonds. The number of carbonyl (C=O) groups is 4. The maximum absolute atomic E-state index is 14.3. The minimum absolute atomic E-state index is 0.00988. The Labute approximate surface area is 339 Å². The third kappa shape index (κ3) is 11.3. The lowest BCUT2D eigenvalue weighted by molar-refractivity contribution is -0.302. The highest BCUT2D eigenvalue weighted by atomic mass is 16.7. The quantitative estimate of drug-likeness (QED) is 0.185. The van der Waals surface area contributed by atoms with Crippen LogP contribution in [0.2, 0.25) is 0 Å². The Morgan fingerprint density at radius 3 is 2.25 bits per heavy atom. The number of amides is 1. The van der Waals surface area contributed by atoms with E-state index >= 15 is 0 Å². The van der Waals surface area contributed by atoms with Crippen molar-refractivity contribution in [1.82, 2.24) is 4.90 Å². The molecule has 3 heterocycles. The lowest BCUT2D eigenvalue weighted by Gasteiger charge is -2.47. The number of nitrogens with zero attached hydrogens (tertiary/aromatic N) is 1. The summed E-state index contributed by atoms with van der Waals surface area (Å²) in [6.07, 6.45) is 4.93. The molecule has 0 spiro atoms. The molecule has 3 fully saturated rings. The summed E-state index contributed by atoms with van der Waals surface area (Å²) in [5, 5.41) is 34.1. The summed E-state index contributed by atoms with van der Waals surface area (Å²) in [5.41, 5.74) is 1.61. The highest BCUT2D eigenvalue weighted by molar-refractivity contribution is 6.39. The zero-order valence-electron chi connectivity index (χ0n) is 35.4. The van der Waals surface area contributed by atoms with E-state index in [2.05, 4.69) is 6.58 Å². The molecule has 3 aliphatic heterocycles. The molecule has 13 heteroatoms. The monoisotopic (exact) mass is 803 g/mol. The standard InChI is InChI=1S/C44H69NO12/c1-10-13-31-19-25(2)18-26(3)20-37(54-8)40-38(55-9)22-28(5)44(52,57-40)41(49)42(50)45-17-12-11-14-32(45)43(51)56-39(29(6)34(47)24-35(31)48)27(4)21-30-15-16-33(46)36(23-30)53-7/h10,19,21,26,28-34,36-40,46-47,52H,1,11-18,20,22-24H2,2-9H3/b25-19+,27-21+/t26-,28+,29+,30-,31+,32-,33+,34-,36+,37+,38-,39+,40+,44+/m0/s1. The van der Waals surface area contributed by atoms with E-state index in [-0.39, 0.29) is 49.5 Å². The summed E-state index contributed by atoms with van der Waals surface area (Å²) < 4.78 is 29.7. The van der Waals surface area contributed by atoms with Gasteiger partial charge in [-0.1, -0.05) is 44.6 Å². The van der Waals surface area contributed by atoms with Crippen LogP contribution >= 0.6 is 0 Å². The van der Waals surface area contributed by atoms with Crippen LogP contribution in [0.4, 0.5) is 0 Å². The van der Waals surface area contributed by atoms with Crippen LogP contribution in [0, 0.1) is 29.6 Å². The van der Waals surface area contributed by atoms with Crippen LogP contribution in [0.5, 0.6) is 0 Å². The van der Waals surface area contributed by atoms with Gasteiger partial charge < -0.3 is 43.9 Å². The molecule has 2 saturated heterocycles. The number of Topliss-reactive ketones (excluding diaryl/α,β-unsaturated/α-hetero) is 2. The normalized spacial score (nSPS) is 41.0. The van der Waals surface area contributed by atoms with Gasteiger partial charge in [0.2, 0.25) is 5.79 Å². The highest BCUT2D eigenvalue weighted by Crippen LogP contribution is 2.39. The molecule has 0 aromatic rings. The van der Waals surface area contributed by atoms with Gasteiger partial charge in [0.25, 0.3) is 11.7 Å². The Kier molecular flexibility index (Phi) is 17.2. The maximum atomic E-state index is 14.3. The van der Waals surface area contributed by atoms with Gasteiger partial charge in [0.05, 0.1) is 30.5 Å². The summed E-state index contributed by atoms with van der Waals surface area (Å²) in [7, 11) is 4.61. The van der Waals surface area contributed by atoms with Crippen LogP contribution in [-0.2, 0) is 42.9 Å². The minimum Gasteiger partial charge on any atom is -0.456 e. The van der Waals surface area contributed by atoms with Crippen LogP contribution in [0.15, 0.2) is 36.0 Å². The van der Waals surface area contributed by atoms with E-state index < -0.39 is 83.9 Å². The summed E-state index contributed by atoms with van der Waals surface area (Å²) in [6, 6.07) is -1.14. The highest BCUT2D eigenvalue weighted by Gasteiger charge is 2.56. The van der Waals surface area contributed by atoms with E-state index in [1.807, 2.05) is 32.9 Å². The number of cyclic esters (lactones) is 1. The predicted octanol–water partition coefficient (Wildman–Crippen LogP) is 4.64. The van der Waals surface area contributed by atoms with Gasteiger partial charge >= 0.3 is 5.97 Å². The molecule has 57 heavy (non-hydrogen) atoms. The van der Waals surface area contributed by atoms with Gasteiger partial charge in [0.15, 0.2) is 0 Å². The Balaban J connectivity index is 1.78. The summed E-state index contributed by atoms with van der Waals surface area (Å²) in [5.74, 6) is -7.76. The summed E-state index contributed by atoms with van der Waals surface area (Å²) in [4.78, 5) is 57.8. The first-order valence-electron chi connectivity index (χ1n) is 20.9. The second-order valence-corrected chi connectivity index (χ2v) is 17.3. The molecular formula is C44H69NO12. The lowest BCUT2D eigenvalue weighted by Crippen LogP contribution is -2.64. The molecule has 0 radical (unpaired) electrons. The molecule has 1 aliphatic carbocycles. The van der Waals surface area contributed by atoms with E-state index in [9.17, 15) is 34.5 Å². The molecule has 4 rings (SSSR count). The molecule has 322 valence electrons. The fourth-order valence-electron chi connectivity index (χ4n) is 9.42. The van der Waals surface area contributed by atoms with Crippen molar-refractivity contribution < 1.29 is 58.2 Å². The van der Waals surface area contributed by atoms with E-state index in [1.165, 1.54) is 19.1 Å². The van der Waals surface area contributed by atoms with Crippen molar-refractivity contribution in [3.05, 3.63) is 36.0 Å². The third-order valence-corrected chi connectivity index (χ3v) is 12.9. The Hall–Kier alpha value is -2.78. The fraction of sp³-hybridized carbons (Fsp3) is 0.773. The largest absolute Gasteiger partial charge is 0.456 e. The number of piperidine rings is 1. The van der Waals surface area contributed by atoms with Crippen molar-refractivity contribution in [2.45, 2.75) is 160 Å². The number of ether oxygens (including phenoxy) is 5. The number of methoxy groups -OCH3 is 3. The van der Waals surface area contributed by atoms with Gasteiger partial charge in [-0.3, -0.25) is 14.4 Å². The maximum Gasteiger partial charge on any atom is 0.329 e. The SMILES string of the molecule is C=CC[C@@H]1/C=C(\C)C[C@H](C)C[C@@H](OC)[C@H]2O[C@@](O)(C(=O)C(=O)N3CCCC[C@H]3C(=O)O[C@H](/C(C)=C/[C@@H]3CC[C@@H](O)[C@H](OC)C3)[C@H](C)[C@@H](O)CC1=O)[C@H](C)C[C@@H]2OC. The van der Waals surface area contributed by atoms with Crippen molar-refractivity contribution >= 4 is 23.4 Å². The van der Waals surface area contributed by atoms with Gasteiger partial charge in [0, 0.05) is 52.0 Å². The molecule has 0 unspecified atom stereocenters. The second kappa shape index (κ2) is 21.0. The first kappa shape index (κ1) is 46.9. The van der Waals surface area contributed by atoms with Crippen molar-refractivity contribution in [2.24, 2.45) is 29.6 Å². The van der Waals surface area contributed by atoms with Crippen molar-refractivity contribution in [1.29, 1.82) is 0 Å². The molecule has 4 aliphatic rings. The Morgan fingerprint density at radius 1 is 0.930 bits per heavy atom. The number of allylic oxidation sites excluding steroid dienone is 4. The van der Waals surface area contributed by atoms with Crippen LogP contribution < -0.4 is 0 Å². The topological polar surface area (TPSA) is 178 Å². The van der Waals surface area contributed by atoms with Gasteiger partial charge in [-0.2, -0.15) is 0 Å². The van der Waals surface area contributed by atoms with E-state index in [1.54, 1.807) is 27.0 Å². The molecule has 14 atom stereocenters. The van der Waals surface area contributed by atoms with E-state index in [0.717, 1.165) is 5.57 Å². The van der Waals surface area contributed by atoms with Crippen LogP contribution in [0.3, 0.4) is 0 Å². The average Bonchev–Trinajstić information content (AvgIpc) is 3.18. The first-order chi connectivity index (χ1) is 27.0. The average molecular weight is 804 g/mol. The summed E-state index contributed by atoms with van der Waals surface area (Å²) >= 11 is 0. The number of fused-ring (bicyclic) bond motifs is 3. The van der Waals surface area contributed by atoms with Gasteiger partial charge in [0.1, 0.15) is 24.0 Å². The van der Waals surface area contributed by atoms with Crippen LogP contribution in [-0.4, -0.2) is 126 Å². The number of rotatable bonds is 7. The Bertz CT molecular complexity index is 1480. The summed E-state index contributed by atoms with van der Waals surface area (Å²) in [6.45, 7) is 13.1. The molecule has 1 saturated carbocycles. The fourth-order valence-corrected chi connectivity index (χ4v) is 9.42. The molecule has 0 aromatic heterocycles. The number of ketones is 2. The Morgan fingerprint density at radius 2 is 1.60 bits per heavy atom. The zero-order chi connectivity index (χ0) is 42.2. The number of esters is 1. The lowest BCUT2D eigenvalue weighted by atomic mass is 9.81. The van der Waals surface area contributed by atoms with Crippen molar-refractivity contribution in [3.63, 3.8) is 0 Å². The number of hydrogen-bond acceptors (Lipinski definition) is 12. The number of aliphatic hydroxyl groups excluding tert-OH is 2. The molecule has 0 aromatic carbocycles. The van der Waals surface area contributed by atoms with Crippen molar-refractivity contribution in [3.8, 4) is 0 Å². The first-order valence-corrected chi connectivity index (χ1v) is 20.9. The number of carbonyl (C=O) groups excluding carboxylic acids is 4.